The molecule has 210 valence electrons. The maximum Gasteiger partial charge on any atom is 0.269 e. The van der Waals surface area contributed by atoms with Gasteiger partial charge in [-0.15, -0.1) is 0 Å². The van der Waals surface area contributed by atoms with Gasteiger partial charge in [-0.2, -0.15) is 0 Å². The van der Waals surface area contributed by atoms with E-state index in [1.807, 2.05) is 44.2 Å². The maximum absolute atomic E-state index is 14.0. The van der Waals surface area contributed by atoms with Gasteiger partial charge in [0.15, 0.2) is 0 Å². The third kappa shape index (κ3) is 6.32. The van der Waals surface area contributed by atoms with Crippen LogP contribution in [-0.4, -0.2) is 54.0 Å². The number of hydrogen-bond donors (Lipinski definition) is 1. The van der Waals surface area contributed by atoms with E-state index in [0.29, 0.717) is 21.3 Å². The molecule has 40 heavy (non-hydrogen) atoms. The summed E-state index contributed by atoms with van der Waals surface area (Å²) in [6.07, 6.45) is 0.820. The number of carbonyl (C=O) groups excluding carboxylic acids is 3. The van der Waals surface area contributed by atoms with Gasteiger partial charge in [0.1, 0.15) is 17.5 Å². The van der Waals surface area contributed by atoms with Crippen LogP contribution < -0.4 is 5.32 Å². The minimum atomic E-state index is -4.25. The van der Waals surface area contributed by atoms with Gasteiger partial charge < -0.3 is 10.2 Å². The van der Waals surface area contributed by atoms with E-state index in [4.69, 9.17) is 23.2 Å². The van der Waals surface area contributed by atoms with E-state index in [-0.39, 0.29) is 34.5 Å². The predicted molar refractivity (Wildman–Crippen MR) is 154 cm³/mol. The Labute approximate surface area is 243 Å². The predicted octanol–water partition coefficient (Wildman–Crippen LogP) is 4.69. The lowest BCUT2D eigenvalue weighted by molar-refractivity contribution is -0.141. The summed E-state index contributed by atoms with van der Waals surface area (Å²) in [5, 5.41) is 3.62. The van der Waals surface area contributed by atoms with Crippen LogP contribution in [0.3, 0.4) is 0 Å². The van der Waals surface area contributed by atoms with Crippen molar-refractivity contribution in [3.63, 3.8) is 0 Å². The van der Waals surface area contributed by atoms with Crippen molar-refractivity contribution in [1.82, 2.24) is 14.5 Å². The van der Waals surface area contributed by atoms with E-state index in [2.05, 4.69) is 5.32 Å². The van der Waals surface area contributed by atoms with Crippen molar-refractivity contribution in [3.05, 3.63) is 99.5 Å². The zero-order valence-electron chi connectivity index (χ0n) is 22.0. The number of nitrogens with one attached hydrogen (secondary N) is 1. The van der Waals surface area contributed by atoms with Crippen molar-refractivity contribution < 1.29 is 22.8 Å². The SMILES string of the molecule is CC[C@H](C)NC(=O)[C@@H](Cc1ccccc1)N(Cc1ccc(Cl)cc1Cl)C(=O)CN1C(=O)c2ccccc2S1(=O)=O. The van der Waals surface area contributed by atoms with Crippen molar-refractivity contribution in [2.75, 3.05) is 6.54 Å². The molecular weight excluding hydrogens is 573 g/mol. The van der Waals surface area contributed by atoms with Crippen LogP contribution in [0.5, 0.6) is 0 Å². The Morgan fingerprint density at radius 2 is 1.68 bits per heavy atom. The summed E-state index contributed by atoms with van der Waals surface area (Å²) in [4.78, 5) is 41.8. The first-order chi connectivity index (χ1) is 19.0. The highest BCUT2D eigenvalue weighted by atomic mass is 35.5. The number of rotatable bonds is 10. The molecule has 0 spiro atoms. The Kier molecular flexibility index (Phi) is 9.18. The summed E-state index contributed by atoms with van der Waals surface area (Å²) in [6, 6.07) is 18.6. The first-order valence-corrected chi connectivity index (χ1v) is 15.0. The van der Waals surface area contributed by atoms with E-state index >= 15 is 0 Å². The minimum Gasteiger partial charge on any atom is -0.352 e. The standard InChI is InChI=1S/C29H29Cl2N3O5S/c1-3-19(2)32-28(36)25(15-20-9-5-4-6-10-20)33(17-21-13-14-22(30)16-24(21)31)27(35)18-34-29(37)23-11-7-8-12-26(23)40(34,38)39/h4-14,16,19,25H,3,15,17-18H2,1-2H3,(H,32,36)/t19-,25+/m0/s1. The molecule has 0 radical (unpaired) electrons. The maximum atomic E-state index is 14.0. The molecule has 0 fully saturated rings. The molecule has 0 saturated carbocycles. The third-order valence-corrected chi connectivity index (χ3v) is 9.19. The molecule has 0 bridgehead atoms. The average molecular weight is 603 g/mol. The fraction of sp³-hybridized carbons (Fsp3) is 0.276. The summed E-state index contributed by atoms with van der Waals surface area (Å²) in [5.41, 5.74) is 1.30. The number of sulfonamides is 1. The van der Waals surface area contributed by atoms with E-state index in [1.165, 1.54) is 29.2 Å². The number of halogens is 2. The van der Waals surface area contributed by atoms with Crippen LogP contribution in [0.25, 0.3) is 0 Å². The molecule has 1 N–H and O–H groups in total. The minimum absolute atomic E-state index is 0.00190. The van der Waals surface area contributed by atoms with Gasteiger partial charge in [-0.05, 0) is 48.7 Å². The van der Waals surface area contributed by atoms with Crippen molar-refractivity contribution in [3.8, 4) is 0 Å². The number of benzene rings is 3. The molecule has 1 aliphatic rings. The molecule has 11 heteroatoms. The smallest absolute Gasteiger partial charge is 0.269 e. The number of carbonyl (C=O) groups is 3. The number of nitrogens with zero attached hydrogens (tertiary/aromatic N) is 2. The van der Waals surface area contributed by atoms with E-state index in [9.17, 15) is 22.8 Å². The molecule has 1 heterocycles. The quantitative estimate of drug-likeness (QED) is 0.363. The molecule has 0 aliphatic carbocycles. The highest BCUT2D eigenvalue weighted by Crippen LogP contribution is 2.30. The fourth-order valence-corrected chi connectivity index (χ4v) is 6.42. The Morgan fingerprint density at radius 3 is 2.33 bits per heavy atom. The van der Waals surface area contributed by atoms with E-state index in [1.54, 1.807) is 18.2 Å². The molecule has 8 nitrogen and oxygen atoms in total. The zero-order chi connectivity index (χ0) is 29.0. The van der Waals surface area contributed by atoms with Crippen LogP contribution in [0.15, 0.2) is 77.7 Å². The first-order valence-electron chi connectivity index (χ1n) is 12.8. The Bertz CT molecular complexity index is 1530. The molecule has 1 aliphatic heterocycles. The zero-order valence-corrected chi connectivity index (χ0v) is 24.3. The van der Waals surface area contributed by atoms with Gasteiger partial charge in [0.25, 0.3) is 15.9 Å². The van der Waals surface area contributed by atoms with Crippen molar-refractivity contribution in [2.45, 2.75) is 50.2 Å². The molecular formula is C29H29Cl2N3O5S. The van der Waals surface area contributed by atoms with Crippen LogP contribution in [0, 0.1) is 0 Å². The highest BCUT2D eigenvalue weighted by Gasteiger charge is 2.43. The van der Waals surface area contributed by atoms with Gasteiger partial charge in [-0.3, -0.25) is 14.4 Å². The second kappa shape index (κ2) is 12.4. The van der Waals surface area contributed by atoms with Gasteiger partial charge in [0.2, 0.25) is 11.8 Å². The molecule has 0 saturated heterocycles. The summed E-state index contributed by atoms with van der Waals surface area (Å²) >= 11 is 12.5. The Balaban J connectivity index is 1.74. The van der Waals surface area contributed by atoms with Crippen LogP contribution in [-0.2, 0) is 32.6 Å². The summed E-state index contributed by atoms with van der Waals surface area (Å²) < 4.78 is 27.0. The Morgan fingerprint density at radius 1 is 1.00 bits per heavy atom. The molecule has 0 aromatic heterocycles. The molecule has 3 aromatic rings. The topological polar surface area (TPSA) is 104 Å². The van der Waals surface area contributed by atoms with Gasteiger partial charge in [-0.1, -0.05) is 78.7 Å². The second-order valence-corrected chi connectivity index (χ2v) is 12.3. The van der Waals surface area contributed by atoms with E-state index < -0.39 is 40.3 Å². The molecule has 3 aromatic carbocycles. The fourth-order valence-electron chi connectivity index (χ4n) is 4.43. The van der Waals surface area contributed by atoms with Gasteiger partial charge in [0, 0.05) is 29.1 Å². The second-order valence-electron chi connectivity index (χ2n) is 9.59. The summed E-state index contributed by atoms with van der Waals surface area (Å²) in [5.74, 6) is -1.93. The third-order valence-electron chi connectivity index (χ3n) is 6.82. The normalized spacial score (nSPS) is 15.3. The van der Waals surface area contributed by atoms with Crippen molar-refractivity contribution >= 4 is 50.9 Å². The van der Waals surface area contributed by atoms with Gasteiger partial charge in [-0.25, -0.2) is 12.7 Å². The molecule has 3 amide bonds. The lowest BCUT2D eigenvalue weighted by atomic mass is 10.0. The molecule has 2 atom stereocenters. The average Bonchev–Trinajstić information content (AvgIpc) is 3.12. The van der Waals surface area contributed by atoms with Crippen molar-refractivity contribution in [2.24, 2.45) is 0 Å². The summed E-state index contributed by atoms with van der Waals surface area (Å²) in [7, 11) is -4.25. The Hall–Kier alpha value is -3.40. The molecule has 4 rings (SSSR count). The lowest BCUT2D eigenvalue weighted by Gasteiger charge is -2.33. The van der Waals surface area contributed by atoms with E-state index in [0.717, 1.165) is 5.56 Å². The molecule has 0 unspecified atom stereocenters. The number of fused-ring (bicyclic) bond motifs is 1. The number of hydrogen-bond acceptors (Lipinski definition) is 5. The van der Waals surface area contributed by atoms with Gasteiger partial charge in [0.05, 0.1) is 5.56 Å². The van der Waals surface area contributed by atoms with Crippen LogP contribution in [0.1, 0.15) is 41.8 Å². The van der Waals surface area contributed by atoms with Crippen LogP contribution in [0.2, 0.25) is 10.0 Å². The summed E-state index contributed by atoms with van der Waals surface area (Å²) in [6.45, 7) is 2.89. The largest absolute Gasteiger partial charge is 0.352 e. The first kappa shape index (κ1) is 29.6. The van der Waals surface area contributed by atoms with Crippen molar-refractivity contribution in [1.29, 1.82) is 0 Å². The van der Waals surface area contributed by atoms with Crippen LogP contribution >= 0.6 is 23.2 Å². The lowest BCUT2D eigenvalue weighted by Crippen LogP contribution is -2.54. The van der Waals surface area contributed by atoms with Crippen LogP contribution in [0.4, 0.5) is 0 Å². The van der Waals surface area contributed by atoms with Gasteiger partial charge >= 0.3 is 0 Å². The monoisotopic (exact) mass is 601 g/mol. The number of amides is 3. The highest BCUT2D eigenvalue weighted by molar-refractivity contribution is 7.90.